The molecular formula is H10CuN4O5S. The Kier molecular flexibility index (Phi) is 9.12. The number of hydrogen-bond acceptors (Lipinski definition) is 8. The van der Waals surface area contributed by atoms with Crippen LogP contribution >= 0.6 is 0 Å². The second-order valence-corrected chi connectivity index (χ2v) is 3.71. The molecule has 0 unspecified atom stereocenters. The minimum absolute atomic E-state index is 0. The Bertz CT molecular complexity index is 153. The van der Waals surface area contributed by atoms with Crippen molar-refractivity contribution in [2.24, 2.45) is 19.0 Å². The fourth-order valence-electron chi connectivity index (χ4n) is 0. The monoisotopic (exact) mass is 241 g/mol. The molecule has 11 heteroatoms. The van der Waals surface area contributed by atoms with Crippen LogP contribution in [0, 0.1) is 0 Å². The van der Waals surface area contributed by atoms with Gasteiger partial charge in [-0.25, -0.2) is 0 Å². The van der Waals surface area contributed by atoms with Crippen LogP contribution in [0.15, 0.2) is 0 Å². The standard InChI is InChI=1S/Cu.4H2N.H2O4S.H2O/c;;;;;1-5(2,3)4;/h;4*1H2;(H2,1,2,3,4);1H2/q+6;4*-1;;/p-2. The van der Waals surface area contributed by atoms with Gasteiger partial charge in [-0.3, -0.25) is 8.42 Å². The van der Waals surface area contributed by atoms with Crippen LogP contribution < -0.4 is 19.0 Å². The van der Waals surface area contributed by atoms with E-state index in [0.717, 1.165) is 0 Å². The summed E-state index contributed by atoms with van der Waals surface area (Å²) in [6, 6.07) is 0. The van der Waals surface area contributed by atoms with Gasteiger partial charge in [0.05, 0.1) is 0 Å². The molecule has 0 aliphatic carbocycles. The molecule has 0 radical (unpaired) electrons. The quantitative estimate of drug-likeness (QED) is 0.183. The molecule has 0 fully saturated rings. The van der Waals surface area contributed by atoms with Gasteiger partial charge in [0, 0.05) is 10.4 Å². The van der Waals surface area contributed by atoms with E-state index in [9.17, 15) is 0 Å². The Balaban J connectivity index is -0.000000107. The van der Waals surface area contributed by atoms with Crippen molar-refractivity contribution in [1.29, 1.82) is 0 Å². The van der Waals surface area contributed by atoms with Gasteiger partial charge >= 0.3 is 32.7 Å². The van der Waals surface area contributed by atoms with Crippen molar-refractivity contribution in [2.75, 3.05) is 0 Å². The molecule has 0 aromatic rings. The molecule has 0 rings (SSSR count). The zero-order chi connectivity index (χ0) is 9.00. The number of nitrogens with two attached hydrogens (primary N) is 4. The van der Waals surface area contributed by atoms with Crippen molar-refractivity contribution < 1.29 is 36.7 Å². The van der Waals surface area contributed by atoms with E-state index in [1.165, 1.54) is 0 Å². The fourth-order valence-corrected chi connectivity index (χ4v) is 0. The van der Waals surface area contributed by atoms with Crippen molar-refractivity contribution in [1.82, 2.24) is 0 Å². The molecule has 10 N–H and O–H groups in total. The van der Waals surface area contributed by atoms with Gasteiger partial charge in [0.1, 0.15) is 0 Å². The third-order valence-corrected chi connectivity index (χ3v) is 0. The summed E-state index contributed by atoms with van der Waals surface area (Å²) in [5.74, 6) is 0. The first-order valence-corrected chi connectivity index (χ1v) is 4.87. The first-order chi connectivity index (χ1) is 4.00. The Labute approximate surface area is 66.7 Å². The Morgan fingerprint density at radius 3 is 1.00 bits per heavy atom. The summed E-state index contributed by atoms with van der Waals surface area (Å²) in [6.07, 6.45) is 0. The molecule has 0 bridgehead atoms. The summed E-state index contributed by atoms with van der Waals surface area (Å²) in [5, 5.41) is 0. The zero-order valence-corrected chi connectivity index (χ0v) is 6.91. The topological polar surface area (TPSA) is 216 Å². The van der Waals surface area contributed by atoms with Gasteiger partial charge in [-0.05, 0) is 0 Å². The molecule has 0 aromatic carbocycles. The van der Waals surface area contributed by atoms with Crippen molar-refractivity contribution in [2.45, 2.75) is 0 Å². The van der Waals surface area contributed by atoms with E-state index in [1.807, 2.05) is 0 Å². The molecule has 0 aliphatic heterocycles. The SMILES string of the molecule is O.O=S(=O)([O-])[O-].[NH2][Cu+2]([NH2])([NH2])[NH2]. The van der Waals surface area contributed by atoms with Crippen molar-refractivity contribution in [3.63, 3.8) is 0 Å². The molecule has 0 saturated carbocycles. The summed E-state index contributed by atoms with van der Waals surface area (Å²) >= 11 is -2.12. The van der Waals surface area contributed by atoms with Crippen LogP contribution in [-0.2, 0) is 24.1 Å². The van der Waals surface area contributed by atoms with E-state index in [2.05, 4.69) is 0 Å². The van der Waals surface area contributed by atoms with E-state index < -0.39 is 24.1 Å². The van der Waals surface area contributed by atoms with Crippen LogP contribution in [0.4, 0.5) is 0 Å². The van der Waals surface area contributed by atoms with Crippen molar-refractivity contribution in [3.8, 4) is 0 Å². The van der Waals surface area contributed by atoms with Crippen LogP contribution in [0.1, 0.15) is 0 Å². The average Bonchev–Trinajstić information content (AvgIpc) is 1.12. The van der Waals surface area contributed by atoms with Crippen LogP contribution in [-0.4, -0.2) is 23.0 Å². The Hall–Kier alpha value is 0.189. The van der Waals surface area contributed by atoms with Gasteiger partial charge in [0.25, 0.3) is 0 Å². The first-order valence-electron chi connectivity index (χ1n) is 1.36. The molecule has 11 heavy (non-hydrogen) atoms. The third-order valence-electron chi connectivity index (χ3n) is 0. The molecule has 0 spiro atoms. The van der Waals surface area contributed by atoms with Gasteiger partial charge in [0.2, 0.25) is 0 Å². The molecule has 0 atom stereocenters. The normalized spacial score (nSPS) is 12.2. The zero-order valence-electron chi connectivity index (χ0n) is 5.15. The molecule has 0 heterocycles. The third kappa shape index (κ3) is 19000. The molecule has 0 aliphatic rings. The predicted octanol–water partition coefficient (Wildman–Crippen LogP) is -4.53. The van der Waals surface area contributed by atoms with E-state index >= 15 is 0 Å². The maximum absolute atomic E-state index is 8.52. The van der Waals surface area contributed by atoms with Crippen LogP contribution in [0.5, 0.6) is 0 Å². The maximum atomic E-state index is 8.52. The summed E-state index contributed by atoms with van der Waals surface area (Å²) in [4.78, 5) is 0. The van der Waals surface area contributed by atoms with Crippen LogP contribution in [0.2, 0.25) is 0 Å². The average molecular weight is 242 g/mol. The van der Waals surface area contributed by atoms with Gasteiger partial charge in [0.15, 0.2) is 0 Å². The molecular weight excluding hydrogens is 232 g/mol. The van der Waals surface area contributed by atoms with Gasteiger partial charge in [-0.2, -0.15) is 0 Å². The van der Waals surface area contributed by atoms with Gasteiger partial charge < -0.3 is 14.6 Å². The second-order valence-electron chi connectivity index (χ2n) is 1.01. The van der Waals surface area contributed by atoms with E-state index in [4.69, 9.17) is 36.5 Å². The number of hydrogen-bond donors (Lipinski definition) is 4. The summed E-state index contributed by atoms with van der Waals surface area (Å²) in [6.45, 7) is 0. The fraction of sp³-hybridized carbons (Fsp3) is 0. The van der Waals surface area contributed by atoms with Crippen LogP contribution in [0.25, 0.3) is 0 Å². The predicted molar refractivity (Wildman–Crippen MR) is 30.8 cm³/mol. The summed E-state index contributed by atoms with van der Waals surface area (Å²) < 4.78 is 53.1. The van der Waals surface area contributed by atoms with Gasteiger partial charge in [-0.1, -0.05) is 0 Å². The van der Waals surface area contributed by atoms with Crippen LogP contribution in [0.3, 0.4) is 0 Å². The van der Waals surface area contributed by atoms with Crippen molar-refractivity contribution >= 4 is 10.4 Å². The molecule has 0 aromatic heterocycles. The van der Waals surface area contributed by atoms with Crippen molar-refractivity contribution in [3.05, 3.63) is 0 Å². The minimum atomic E-state index is -5.17. The van der Waals surface area contributed by atoms with E-state index in [1.54, 1.807) is 0 Å². The molecule has 0 amide bonds. The summed E-state index contributed by atoms with van der Waals surface area (Å²) in [5.41, 5.74) is 0. The Morgan fingerprint density at radius 2 is 1.00 bits per heavy atom. The molecule has 9 nitrogen and oxygen atoms in total. The molecule has 0 saturated heterocycles. The molecule has 77 valence electrons. The Morgan fingerprint density at radius 1 is 1.00 bits per heavy atom. The number of rotatable bonds is 0. The second kappa shape index (κ2) is 5.79. The first kappa shape index (κ1) is 17.3. The van der Waals surface area contributed by atoms with E-state index in [-0.39, 0.29) is 5.48 Å². The van der Waals surface area contributed by atoms with E-state index in [0.29, 0.717) is 0 Å². The van der Waals surface area contributed by atoms with Gasteiger partial charge in [-0.15, -0.1) is 0 Å². The summed E-state index contributed by atoms with van der Waals surface area (Å²) in [7, 11) is -5.17.